The van der Waals surface area contributed by atoms with E-state index in [0.29, 0.717) is 11.3 Å². The van der Waals surface area contributed by atoms with Gasteiger partial charge in [-0.05, 0) is 24.6 Å². The van der Waals surface area contributed by atoms with Crippen molar-refractivity contribution in [3.05, 3.63) is 58.7 Å². The summed E-state index contributed by atoms with van der Waals surface area (Å²) in [5.41, 5.74) is 7.69. The van der Waals surface area contributed by atoms with Crippen LogP contribution in [0.15, 0.2) is 42.6 Å². The van der Waals surface area contributed by atoms with E-state index in [1.807, 2.05) is 30.4 Å². The average molecular weight is 284 g/mol. The lowest BCUT2D eigenvalue weighted by molar-refractivity contribution is 0.151. The Labute approximate surface area is 120 Å². The van der Waals surface area contributed by atoms with E-state index in [4.69, 9.17) is 5.73 Å². The molecule has 106 valence electrons. The first-order chi connectivity index (χ1) is 10.1. The maximum atomic E-state index is 12.8. The van der Waals surface area contributed by atoms with E-state index in [1.165, 1.54) is 18.2 Å². The Morgan fingerprint density at radius 1 is 1.19 bits per heavy atom. The molecule has 2 N–H and O–H groups in total. The fraction of sp³-hybridized carbons (Fsp3) is 0.118. The van der Waals surface area contributed by atoms with Gasteiger partial charge in [0.25, 0.3) is 6.43 Å². The highest BCUT2D eigenvalue weighted by Crippen LogP contribution is 2.29. The van der Waals surface area contributed by atoms with Gasteiger partial charge in [-0.15, -0.1) is 0 Å². The predicted molar refractivity (Wildman–Crippen MR) is 81.0 cm³/mol. The lowest BCUT2D eigenvalue weighted by Crippen LogP contribution is -2.27. The Morgan fingerprint density at radius 3 is 2.86 bits per heavy atom. The summed E-state index contributed by atoms with van der Waals surface area (Å²) >= 11 is 0. The number of halogens is 2. The fourth-order valence-electron chi connectivity index (χ4n) is 2.33. The first kappa shape index (κ1) is 13.5. The Bertz CT molecular complexity index is 823. The molecular formula is C17H14F2N2. The largest absolute Gasteiger partial charge is 0.398 e. The van der Waals surface area contributed by atoms with Crippen molar-refractivity contribution in [3.63, 3.8) is 0 Å². The van der Waals surface area contributed by atoms with Crippen molar-refractivity contribution in [1.82, 2.24) is 4.98 Å². The number of allylic oxidation sites excluding steroid dienone is 2. The molecule has 0 amide bonds. The molecule has 1 aliphatic rings. The van der Waals surface area contributed by atoms with Gasteiger partial charge in [-0.1, -0.05) is 30.4 Å². The van der Waals surface area contributed by atoms with Crippen LogP contribution in [0.2, 0.25) is 0 Å². The lowest BCUT2D eigenvalue weighted by Gasteiger charge is -2.08. The van der Waals surface area contributed by atoms with E-state index in [-0.39, 0.29) is 5.56 Å². The van der Waals surface area contributed by atoms with Gasteiger partial charge in [0.15, 0.2) is 0 Å². The van der Waals surface area contributed by atoms with Gasteiger partial charge >= 0.3 is 0 Å². The van der Waals surface area contributed by atoms with Crippen molar-refractivity contribution in [2.75, 3.05) is 5.73 Å². The molecule has 4 heteroatoms. The molecule has 21 heavy (non-hydrogen) atoms. The maximum Gasteiger partial charge on any atom is 0.263 e. The van der Waals surface area contributed by atoms with Crippen LogP contribution in [0.5, 0.6) is 0 Å². The van der Waals surface area contributed by atoms with E-state index in [2.05, 4.69) is 4.98 Å². The minimum atomic E-state index is -2.51. The number of aromatic nitrogens is 1. The highest BCUT2D eigenvalue weighted by molar-refractivity contribution is 5.76. The molecule has 0 bridgehead atoms. The average Bonchev–Trinajstić information content (AvgIpc) is 2.72. The van der Waals surface area contributed by atoms with Crippen LogP contribution < -0.4 is 16.3 Å². The monoisotopic (exact) mass is 284 g/mol. The summed E-state index contributed by atoms with van der Waals surface area (Å²) < 4.78 is 25.7. The van der Waals surface area contributed by atoms with Gasteiger partial charge in [-0.2, -0.15) is 0 Å². The van der Waals surface area contributed by atoms with Crippen LogP contribution in [0.25, 0.3) is 23.3 Å². The van der Waals surface area contributed by atoms with Crippen LogP contribution >= 0.6 is 0 Å². The fourth-order valence-corrected chi connectivity index (χ4v) is 2.33. The Balaban J connectivity index is 2.18. The van der Waals surface area contributed by atoms with E-state index >= 15 is 0 Å². The Hall–Kier alpha value is -2.49. The van der Waals surface area contributed by atoms with Crippen molar-refractivity contribution in [1.29, 1.82) is 0 Å². The van der Waals surface area contributed by atoms with E-state index < -0.39 is 6.43 Å². The molecule has 0 radical (unpaired) electrons. The highest BCUT2D eigenvalue weighted by atomic mass is 19.3. The number of nitrogen functional groups attached to an aromatic ring is 1. The molecule has 1 aromatic heterocycles. The van der Waals surface area contributed by atoms with Crippen LogP contribution in [0.1, 0.15) is 18.4 Å². The van der Waals surface area contributed by atoms with Gasteiger partial charge in [0.2, 0.25) is 0 Å². The number of nitrogens with zero attached hydrogens (tertiary/aromatic N) is 1. The minimum Gasteiger partial charge on any atom is -0.398 e. The van der Waals surface area contributed by atoms with E-state index in [0.717, 1.165) is 22.6 Å². The van der Waals surface area contributed by atoms with Crippen molar-refractivity contribution < 1.29 is 8.78 Å². The smallest absolute Gasteiger partial charge is 0.263 e. The van der Waals surface area contributed by atoms with Crippen LogP contribution in [0, 0.1) is 0 Å². The van der Waals surface area contributed by atoms with Crippen molar-refractivity contribution in [3.8, 4) is 11.1 Å². The molecule has 0 spiro atoms. The third-order valence-corrected chi connectivity index (χ3v) is 3.45. The second-order valence-electron chi connectivity index (χ2n) is 4.88. The van der Waals surface area contributed by atoms with Gasteiger partial charge in [-0.25, -0.2) is 8.78 Å². The summed E-state index contributed by atoms with van der Waals surface area (Å²) in [5, 5.41) is 1.86. The number of fused-ring (bicyclic) bond motifs is 1. The molecular weight excluding hydrogens is 270 g/mol. The third kappa shape index (κ3) is 2.70. The number of nitrogens with two attached hydrogens (primary N) is 1. The summed E-state index contributed by atoms with van der Waals surface area (Å²) in [6, 6.07) is 6.22. The molecule has 1 aliphatic carbocycles. The predicted octanol–water partition coefficient (Wildman–Crippen LogP) is 2.79. The normalized spacial score (nSPS) is 13.3. The minimum absolute atomic E-state index is 0.0374. The summed E-state index contributed by atoms with van der Waals surface area (Å²) in [7, 11) is 0. The first-order valence-electron chi connectivity index (χ1n) is 6.66. The zero-order chi connectivity index (χ0) is 14.8. The molecule has 0 unspecified atom stereocenters. The van der Waals surface area contributed by atoms with Gasteiger partial charge in [0.1, 0.15) is 0 Å². The second kappa shape index (κ2) is 5.48. The Morgan fingerprint density at radius 2 is 2.05 bits per heavy atom. The van der Waals surface area contributed by atoms with E-state index in [1.54, 1.807) is 6.20 Å². The van der Waals surface area contributed by atoms with Crippen molar-refractivity contribution in [2.45, 2.75) is 12.8 Å². The molecule has 1 aromatic carbocycles. The van der Waals surface area contributed by atoms with Gasteiger partial charge in [-0.3, -0.25) is 4.98 Å². The van der Waals surface area contributed by atoms with Gasteiger partial charge < -0.3 is 5.73 Å². The highest BCUT2D eigenvalue weighted by Gasteiger charge is 2.11. The number of anilines is 1. The quantitative estimate of drug-likeness (QED) is 0.861. The molecule has 0 saturated carbocycles. The summed E-state index contributed by atoms with van der Waals surface area (Å²) in [4.78, 5) is 4.40. The lowest BCUT2D eigenvalue weighted by atomic mass is 10.0. The Kier molecular flexibility index (Phi) is 3.52. The molecule has 1 heterocycles. The van der Waals surface area contributed by atoms with Gasteiger partial charge in [0.05, 0.1) is 5.35 Å². The van der Waals surface area contributed by atoms with Crippen molar-refractivity contribution >= 4 is 17.8 Å². The number of pyridine rings is 1. The van der Waals surface area contributed by atoms with Crippen LogP contribution in [-0.2, 0) is 0 Å². The molecule has 0 atom stereocenters. The molecule has 2 aromatic rings. The summed E-state index contributed by atoms with van der Waals surface area (Å²) in [6.07, 6.45) is 7.98. The second-order valence-corrected chi connectivity index (χ2v) is 4.88. The summed E-state index contributed by atoms with van der Waals surface area (Å²) in [5.74, 6) is 0. The molecule has 0 saturated heterocycles. The number of benzene rings is 1. The van der Waals surface area contributed by atoms with E-state index in [9.17, 15) is 8.78 Å². The topological polar surface area (TPSA) is 38.9 Å². The van der Waals surface area contributed by atoms with Crippen LogP contribution in [0.4, 0.5) is 14.5 Å². The van der Waals surface area contributed by atoms with Crippen molar-refractivity contribution in [2.24, 2.45) is 0 Å². The zero-order valence-electron chi connectivity index (χ0n) is 11.3. The van der Waals surface area contributed by atoms with Crippen LogP contribution in [0.3, 0.4) is 0 Å². The molecule has 0 fully saturated rings. The maximum absolute atomic E-state index is 12.8. The number of hydrogen-bond donors (Lipinski definition) is 1. The number of hydrogen-bond acceptors (Lipinski definition) is 2. The third-order valence-electron chi connectivity index (χ3n) is 3.45. The summed E-state index contributed by atoms with van der Waals surface area (Å²) in [6.45, 7) is 0. The van der Waals surface area contributed by atoms with Crippen LogP contribution in [-0.4, -0.2) is 4.98 Å². The molecule has 3 rings (SSSR count). The molecule has 2 nitrogen and oxygen atoms in total. The standard InChI is InChI=1S/C17H14F2N2/c18-17(19)12-6-7-15(20)14(9-12)13-8-11-4-2-1-3-5-16(11)21-10-13/h1-2,4-10,17H,3,20H2. The van der Waals surface area contributed by atoms with Gasteiger partial charge in [0, 0.05) is 33.8 Å². The number of alkyl halides is 2. The number of rotatable bonds is 2. The zero-order valence-corrected chi connectivity index (χ0v) is 11.3. The molecule has 0 aliphatic heterocycles. The first-order valence-corrected chi connectivity index (χ1v) is 6.66. The SMILES string of the molecule is Nc1ccc(C(F)F)cc1-c1cnc2c(c1)=CC=CCC=2.